The van der Waals surface area contributed by atoms with Gasteiger partial charge in [-0.3, -0.25) is 0 Å². The normalized spacial score (nSPS) is 10.2. The molecule has 10 heavy (non-hydrogen) atoms. The molecule has 0 atom stereocenters. The van der Waals surface area contributed by atoms with Crippen molar-refractivity contribution in [3.05, 3.63) is 18.0 Å². The molecule has 0 amide bonds. The van der Waals surface area contributed by atoms with Gasteiger partial charge in [-0.25, -0.2) is 18.4 Å². The summed E-state index contributed by atoms with van der Waals surface area (Å²) in [5.41, 5.74) is 0.657. The number of aryl methyl sites for hydroxylation is 1. The predicted octanol–water partition coefficient (Wildman–Crippen LogP) is -0.245. The summed E-state index contributed by atoms with van der Waals surface area (Å²) in [7, 11) is -2.63. The minimum Gasteiger partial charge on any atom is -0.227 e. The van der Waals surface area contributed by atoms with E-state index in [4.69, 9.17) is 0 Å². The Bertz CT molecular complexity index is 300. The molecule has 0 radical (unpaired) electrons. The number of hydrogen-bond acceptors (Lipinski definition) is 4. The summed E-state index contributed by atoms with van der Waals surface area (Å²) in [4.78, 5) is 7.20. The van der Waals surface area contributed by atoms with Crippen molar-refractivity contribution in [2.24, 2.45) is 0 Å². The fourth-order valence-electron chi connectivity index (χ4n) is 0.524. The first-order chi connectivity index (χ1) is 4.70. The van der Waals surface area contributed by atoms with E-state index in [1.165, 1.54) is 6.20 Å². The van der Waals surface area contributed by atoms with Crippen LogP contribution in [-0.4, -0.2) is 18.4 Å². The van der Waals surface area contributed by atoms with Gasteiger partial charge in [0.1, 0.15) is 0 Å². The third-order valence-electron chi connectivity index (χ3n) is 0.945. The van der Waals surface area contributed by atoms with Crippen LogP contribution in [0.1, 0.15) is 5.69 Å². The van der Waals surface area contributed by atoms with Crippen LogP contribution in [0, 0.1) is 6.92 Å². The van der Waals surface area contributed by atoms with Gasteiger partial charge in [0.05, 0.1) is 0 Å². The fourth-order valence-corrected chi connectivity index (χ4v) is 0.924. The molecule has 0 fully saturated rings. The molecule has 0 aliphatic rings. The van der Waals surface area contributed by atoms with Crippen LogP contribution < -0.4 is 0 Å². The van der Waals surface area contributed by atoms with E-state index in [-0.39, 0.29) is 5.16 Å². The van der Waals surface area contributed by atoms with Crippen molar-refractivity contribution in [3.8, 4) is 0 Å². The van der Waals surface area contributed by atoms with Crippen LogP contribution in [0.2, 0.25) is 0 Å². The lowest BCUT2D eigenvalue weighted by atomic mass is 10.5. The van der Waals surface area contributed by atoms with E-state index in [1.807, 2.05) is 0 Å². The predicted molar refractivity (Wildman–Crippen MR) is 35.3 cm³/mol. The van der Waals surface area contributed by atoms with E-state index in [1.54, 1.807) is 13.0 Å². The summed E-state index contributed by atoms with van der Waals surface area (Å²) >= 11 is 0. The molecular formula is C5H6N2O2S. The third kappa shape index (κ3) is 1.51. The minimum absolute atomic E-state index is 0.116. The second-order valence-electron chi connectivity index (χ2n) is 1.76. The molecule has 0 aromatic carbocycles. The van der Waals surface area contributed by atoms with Crippen LogP contribution in [-0.2, 0) is 10.7 Å². The van der Waals surface area contributed by atoms with Gasteiger partial charge in [0.15, 0.2) is 0 Å². The minimum atomic E-state index is -2.63. The van der Waals surface area contributed by atoms with Gasteiger partial charge in [-0.15, -0.1) is 0 Å². The van der Waals surface area contributed by atoms with E-state index >= 15 is 0 Å². The van der Waals surface area contributed by atoms with Crippen molar-refractivity contribution < 1.29 is 8.42 Å². The third-order valence-corrected chi connectivity index (χ3v) is 1.49. The molecular weight excluding hydrogens is 152 g/mol. The van der Waals surface area contributed by atoms with Crippen LogP contribution in [0.4, 0.5) is 0 Å². The maximum atomic E-state index is 10.3. The van der Waals surface area contributed by atoms with Gasteiger partial charge in [0.25, 0.3) is 0 Å². The number of rotatable bonds is 1. The summed E-state index contributed by atoms with van der Waals surface area (Å²) in [5, 5.41) is -0.116. The van der Waals surface area contributed by atoms with Crippen molar-refractivity contribution in [3.63, 3.8) is 0 Å². The topological polar surface area (TPSA) is 59.9 Å². The zero-order valence-corrected chi connectivity index (χ0v) is 6.21. The zero-order valence-electron chi connectivity index (χ0n) is 5.31. The number of thiol groups is 1. The lowest BCUT2D eigenvalue weighted by Crippen LogP contribution is -1.92. The van der Waals surface area contributed by atoms with E-state index < -0.39 is 10.7 Å². The van der Waals surface area contributed by atoms with Gasteiger partial charge in [-0.1, -0.05) is 0 Å². The van der Waals surface area contributed by atoms with Crippen molar-refractivity contribution in [1.82, 2.24) is 9.97 Å². The number of hydrogen-bond donors (Lipinski definition) is 1. The molecule has 5 heteroatoms. The van der Waals surface area contributed by atoms with Crippen molar-refractivity contribution in [2.75, 3.05) is 0 Å². The SMILES string of the molecule is Cc1ccnc([SH](=O)=O)n1. The largest absolute Gasteiger partial charge is 0.244 e. The number of aromatic nitrogens is 2. The standard InChI is InChI=1S/C5H6N2O2S/c1-4-2-3-6-5(7-4)10(8)9/h2-3,10H,1H3. The van der Waals surface area contributed by atoms with E-state index in [0.717, 1.165) is 0 Å². The molecule has 0 saturated heterocycles. The van der Waals surface area contributed by atoms with Crippen molar-refractivity contribution >= 4 is 10.7 Å². The highest BCUT2D eigenvalue weighted by Crippen LogP contribution is 1.92. The Hall–Kier alpha value is -0.970. The molecule has 1 heterocycles. The molecule has 0 saturated carbocycles. The van der Waals surface area contributed by atoms with Crippen molar-refractivity contribution in [2.45, 2.75) is 12.1 Å². The Labute approximate surface area is 59.9 Å². The summed E-state index contributed by atoms with van der Waals surface area (Å²) < 4.78 is 20.5. The second kappa shape index (κ2) is 2.74. The average molecular weight is 158 g/mol. The van der Waals surface area contributed by atoms with Crippen LogP contribution in [0.5, 0.6) is 0 Å². The lowest BCUT2D eigenvalue weighted by molar-refractivity contribution is 0.605. The Morgan fingerprint density at radius 1 is 1.50 bits per heavy atom. The second-order valence-corrected chi connectivity index (χ2v) is 2.67. The maximum Gasteiger partial charge on any atom is 0.244 e. The zero-order chi connectivity index (χ0) is 7.56. The van der Waals surface area contributed by atoms with Gasteiger partial charge >= 0.3 is 0 Å². The highest BCUT2D eigenvalue weighted by Gasteiger charge is 1.95. The van der Waals surface area contributed by atoms with Crippen LogP contribution >= 0.6 is 0 Å². The molecule has 54 valence electrons. The molecule has 0 spiro atoms. The summed E-state index contributed by atoms with van der Waals surface area (Å²) in [6, 6.07) is 1.64. The van der Waals surface area contributed by atoms with Gasteiger partial charge in [-0.2, -0.15) is 0 Å². The van der Waals surface area contributed by atoms with E-state index in [9.17, 15) is 8.42 Å². The first-order valence-electron chi connectivity index (χ1n) is 2.64. The summed E-state index contributed by atoms with van der Waals surface area (Å²) in [6.07, 6.45) is 1.42. The quantitative estimate of drug-likeness (QED) is 0.452. The van der Waals surface area contributed by atoms with Crippen LogP contribution in [0.15, 0.2) is 17.4 Å². The van der Waals surface area contributed by atoms with Crippen LogP contribution in [0.25, 0.3) is 0 Å². The van der Waals surface area contributed by atoms with E-state index in [2.05, 4.69) is 9.97 Å². The summed E-state index contributed by atoms with van der Waals surface area (Å²) in [6.45, 7) is 1.71. The van der Waals surface area contributed by atoms with Crippen LogP contribution in [0.3, 0.4) is 0 Å². The molecule has 1 aromatic rings. The van der Waals surface area contributed by atoms with Gasteiger partial charge in [0.2, 0.25) is 15.9 Å². The highest BCUT2D eigenvalue weighted by atomic mass is 32.2. The Morgan fingerprint density at radius 2 is 2.20 bits per heavy atom. The van der Waals surface area contributed by atoms with Gasteiger partial charge in [0, 0.05) is 11.9 Å². The number of nitrogens with zero attached hydrogens (tertiary/aromatic N) is 2. The molecule has 0 N–H and O–H groups in total. The molecule has 0 aliphatic carbocycles. The average Bonchev–Trinajstić information content (AvgIpc) is 1.88. The Kier molecular flexibility index (Phi) is 1.96. The first-order valence-corrected chi connectivity index (χ1v) is 3.82. The van der Waals surface area contributed by atoms with E-state index in [0.29, 0.717) is 5.69 Å². The maximum absolute atomic E-state index is 10.3. The Morgan fingerprint density at radius 3 is 2.60 bits per heavy atom. The molecule has 4 nitrogen and oxygen atoms in total. The summed E-state index contributed by atoms with van der Waals surface area (Å²) in [5.74, 6) is 0. The lowest BCUT2D eigenvalue weighted by Gasteiger charge is -1.89. The molecule has 0 aliphatic heterocycles. The molecule has 1 aromatic heterocycles. The smallest absolute Gasteiger partial charge is 0.227 e. The van der Waals surface area contributed by atoms with Gasteiger partial charge < -0.3 is 0 Å². The molecule has 1 rings (SSSR count). The van der Waals surface area contributed by atoms with Crippen molar-refractivity contribution in [1.29, 1.82) is 0 Å². The Balaban J connectivity index is 3.19. The fraction of sp³-hybridized carbons (Fsp3) is 0.200. The van der Waals surface area contributed by atoms with Gasteiger partial charge in [-0.05, 0) is 13.0 Å². The highest BCUT2D eigenvalue weighted by molar-refractivity contribution is 7.72. The molecule has 0 bridgehead atoms. The first kappa shape index (κ1) is 7.14. The molecule has 0 unspecified atom stereocenters. The monoisotopic (exact) mass is 158 g/mol.